The first-order valence-corrected chi connectivity index (χ1v) is 16.1. The fourth-order valence-electron chi connectivity index (χ4n) is 4.61. The van der Waals surface area contributed by atoms with E-state index in [0.717, 1.165) is 21.9 Å². The number of carbonyl (C=O) groups excluding carboxylic acids is 2. The Morgan fingerprint density at radius 2 is 1.43 bits per heavy atom. The zero-order valence-electron chi connectivity index (χ0n) is 25.5. The first kappa shape index (κ1) is 32.3. The second kappa shape index (κ2) is 14.7. The summed E-state index contributed by atoms with van der Waals surface area (Å²) in [4.78, 5) is 28.8. The number of hydrogen-bond acceptors (Lipinski definition) is 5. The molecule has 2 amide bonds. The van der Waals surface area contributed by atoms with E-state index in [4.69, 9.17) is 4.74 Å². The monoisotopic (exact) mass is 613 g/mol. The third-order valence-corrected chi connectivity index (χ3v) is 9.11. The lowest BCUT2D eigenvalue weighted by atomic mass is 10.1. The molecule has 0 aromatic heterocycles. The Kier molecular flexibility index (Phi) is 10.8. The van der Waals surface area contributed by atoms with Gasteiger partial charge in [-0.25, -0.2) is 8.42 Å². The summed E-state index contributed by atoms with van der Waals surface area (Å²) >= 11 is 0. The number of sulfonamides is 1. The number of para-hydroxylation sites is 1. The highest BCUT2D eigenvalue weighted by molar-refractivity contribution is 7.92. The van der Waals surface area contributed by atoms with Crippen LogP contribution in [0.2, 0.25) is 0 Å². The van der Waals surface area contributed by atoms with Crippen molar-refractivity contribution in [3.05, 3.63) is 120 Å². The molecular formula is C35H39N3O5S. The molecule has 44 heavy (non-hydrogen) atoms. The normalized spacial score (nSPS) is 12.5. The van der Waals surface area contributed by atoms with Gasteiger partial charge in [0.1, 0.15) is 24.1 Å². The zero-order valence-corrected chi connectivity index (χ0v) is 26.3. The number of anilines is 1. The van der Waals surface area contributed by atoms with Crippen molar-refractivity contribution in [2.75, 3.05) is 10.8 Å². The maximum atomic E-state index is 14.1. The van der Waals surface area contributed by atoms with Crippen molar-refractivity contribution in [1.29, 1.82) is 0 Å². The Morgan fingerprint density at radius 3 is 2.05 bits per heavy atom. The molecule has 0 saturated carbocycles. The lowest BCUT2D eigenvalue weighted by Crippen LogP contribution is -2.52. The highest BCUT2D eigenvalue weighted by atomic mass is 32.2. The van der Waals surface area contributed by atoms with Crippen LogP contribution in [-0.4, -0.2) is 43.8 Å². The highest BCUT2D eigenvalue weighted by Gasteiger charge is 2.32. The number of rotatable bonds is 13. The first-order valence-electron chi connectivity index (χ1n) is 14.6. The van der Waals surface area contributed by atoms with Crippen LogP contribution >= 0.6 is 0 Å². The summed E-state index contributed by atoms with van der Waals surface area (Å²) in [6, 6.07) is 30.5. The molecule has 0 heterocycles. The van der Waals surface area contributed by atoms with Gasteiger partial charge in [-0.1, -0.05) is 73.2 Å². The number of aryl methyl sites for hydroxylation is 1. The highest BCUT2D eigenvalue weighted by Crippen LogP contribution is 2.28. The molecule has 9 heteroatoms. The van der Waals surface area contributed by atoms with Crippen LogP contribution in [0, 0.1) is 6.92 Å². The molecule has 0 aliphatic rings. The lowest BCUT2D eigenvalue weighted by molar-refractivity contribution is -0.139. The number of ether oxygens (including phenoxy) is 1. The second-order valence-corrected chi connectivity index (χ2v) is 12.6. The minimum atomic E-state index is -4.16. The molecule has 4 aromatic carbocycles. The van der Waals surface area contributed by atoms with Crippen molar-refractivity contribution in [3.8, 4) is 11.5 Å². The quantitative estimate of drug-likeness (QED) is 0.191. The van der Waals surface area contributed by atoms with Gasteiger partial charge in [0, 0.05) is 12.6 Å². The van der Waals surface area contributed by atoms with E-state index in [-0.39, 0.29) is 29.1 Å². The average molecular weight is 614 g/mol. The fraction of sp³-hybridized carbons (Fsp3) is 0.257. The van der Waals surface area contributed by atoms with Crippen LogP contribution < -0.4 is 14.4 Å². The van der Waals surface area contributed by atoms with Crippen LogP contribution in [0.1, 0.15) is 38.3 Å². The van der Waals surface area contributed by atoms with Gasteiger partial charge in [0.25, 0.3) is 10.0 Å². The smallest absolute Gasteiger partial charge is 0.264 e. The zero-order chi connectivity index (χ0) is 31.7. The number of nitrogens with zero attached hydrogens (tertiary/aromatic N) is 2. The Hall–Kier alpha value is -4.63. The number of hydrogen-bond donors (Lipinski definition) is 1. The first-order chi connectivity index (χ1) is 21.1. The molecule has 8 nitrogen and oxygen atoms in total. The standard InChI is InChI=1S/C35H39N3O5S/c1-5-27(3)36-35(40)28(4)37(24-29-14-12-13-26(2)23-29)34(39)25-38(44(41,42)33-17-10-7-11-18-33)30-19-21-32(22-20-30)43-31-15-8-6-9-16-31/h6-23,27-28H,5,24-25H2,1-4H3,(H,36,40)/t27-,28-/m1/s1. The van der Waals surface area contributed by atoms with Crippen molar-refractivity contribution in [2.45, 2.75) is 57.6 Å². The van der Waals surface area contributed by atoms with Gasteiger partial charge in [0.15, 0.2) is 0 Å². The van der Waals surface area contributed by atoms with Crippen LogP contribution in [0.25, 0.3) is 0 Å². The number of nitrogens with one attached hydrogen (secondary N) is 1. The molecule has 0 bridgehead atoms. The molecule has 0 aliphatic heterocycles. The minimum absolute atomic E-state index is 0.0465. The van der Waals surface area contributed by atoms with Crippen molar-refractivity contribution in [1.82, 2.24) is 10.2 Å². The molecule has 1 N–H and O–H groups in total. The van der Waals surface area contributed by atoms with E-state index in [1.165, 1.54) is 17.0 Å². The van der Waals surface area contributed by atoms with Crippen LogP contribution in [-0.2, 0) is 26.2 Å². The summed E-state index contributed by atoms with van der Waals surface area (Å²) in [5.41, 5.74) is 2.13. The van der Waals surface area contributed by atoms with Crippen LogP contribution in [0.3, 0.4) is 0 Å². The van der Waals surface area contributed by atoms with Crippen LogP contribution in [0.4, 0.5) is 5.69 Å². The second-order valence-electron chi connectivity index (χ2n) is 10.7. The lowest BCUT2D eigenvalue weighted by Gasteiger charge is -2.32. The van der Waals surface area contributed by atoms with E-state index in [1.54, 1.807) is 49.4 Å². The summed E-state index contributed by atoms with van der Waals surface area (Å²) in [5.74, 6) is 0.336. The van der Waals surface area contributed by atoms with Gasteiger partial charge >= 0.3 is 0 Å². The minimum Gasteiger partial charge on any atom is -0.457 e. The SMILES string of the molecule is CC[C@@H](C)NC(=O)[C@@H](C)N(Cc1cccc(C)c1)C(=O)CN(c1ccc(Oc2ccccc2)cc1)S(=O)(=O)c1ccccc1. The third-order valence-electron chi connectivity index (χ3n) is 7.32. The molecular weight excluding hydrogens is 574 g/mol. The van der Waals surface area contributed by atoms with E-state index < -0.39 is 28.5 Å². The van der Waals surface area contributed by atoms with E-state index in [9.17, 15) is 18.0 Å². The number of amides is 2. The molecule has 230 valence electrons. The predicted molar refractivity (Wildman–Crippen MR) is 173 cm³/mol. The molecule has 2 atom stereocenters. The summed E-state index contributed by atoms with van der Waals surface area (Å²) in [6.07, 6.45) is 0.733. The van der Waals surface area contributed by atoms with Crippen LogP contribution in [0.15, 0.2) is 114 Å². The van der Waals surface area contributed by atoms with E-state index in [1.807, 2.05) is 75.4 Å². The Morgan fingerprint density at radius 1 is 0.818 bits per heavy atom. The molecule has 0 aliphatic carbocycles. The van der Waals surface area contributed by atoms with E-state index in [2.05, 4.69) is 5.32 Å². The Bertz CT molecular complexity index is 1650. The molecule has 0 unspecified atom stereocenters. The van der Waals surface area contributed by atoms with Gasteiger partial charge in [-0.05, 0) is 81.3 Å². The molecule has 4 aromatic rings. The maximum Gasteiger partial charge on any atom is 0.264 e. The van der Waals surface area contributed by atoms with Crippen molar-refractivity contribution in [3.63, 3.8) is 0 Å². The Balaban J connectivity index is 1.69. The summed E-state index contributed by atoms with van der Waals surface area (Å²) in [5, 5.41) is 2.95. The van der Waals surface area contributed by atoms with Gasteiger partial charge in [0.05, 0.1) is 10.6 Å². The van der Waals surface area contributed by atoms with Crippen molar-refractivity contribution in [2.24, 2.45) is 0 Å². The maximum absolute atomic E-state index is 14.1. The topological polar surface area (TPSA) is 96.0 Å². The molecule has 0 spiro atoms. The summed E-state index contributed by atoms with van der Waals surface area (Å²) < 4.78 is 35.0. The summed E-state index contributed by atoms with van der Waals surface area (Å²) in [6.45, 7) is 7.11. The van der Waals surface area contributed by atoms with Crippen molar-refractivity contribution < 1.29 is 22.7 Å². The molecule has 0 fully saturated rings. The molecule has 0 radical (unpaired) electrons. The number of carbonyl (C=O) groups is 2. The van der Waals surface area contributed by atoms with Gasteiger partial charge in [0.2, 0.25) is 11.8 Å². The largest absolute Gasteiger partial charge is 0.457 e. The predicted octanol–water partition coefficient (Wildman–Crippen LogP) is 6.31. The molecule has 4 rings (SSSR count). The van der Waals surface area contributed by atoms with Gasteiger partial charge in [-0.3, -0.25) is 13.9 Å². The van der Waals surface area contributed by atoms with Crippen molar-refractivity contribution >= 4 is 27.5 Å². The van der Waals surface area contributed by atoms with E-state index in [0.29, 0.717) is 11.5 Å². The third kappa shape index (κ3) is 8.26. The average Bonchev–Trinajstić information content (AvgIpc) is 3.03. The van der Waals surface area contributed by atoms with Gasteiger partial charge < -0.3 is 15.0 Å². The Labute approximate surface area is 260 Å². The summed E-state index contributed by atoms with van der Waals surface area (Å²) in [7, 11) is -4.16. The van der Waals surface area contributed by atoms with E-state index >= 15 is 0 Å². The number of benzene rings is 4. The van der Waals surface area contributed by atoms with Gasteiger partial charge in [-0.15, -0.1) is 0 Å². The fourth-order valence-corrected chi connectivity index (χ4v) is 6.04. The van der Waals surface area contributed by atoms with Crippen LogP contribution in [0.5, 0.6) is 11.5 Å². The van der Waals surface area contributed by atoms with Gasteiger partial charge in [-0.2, -0.15) is 0 Å². The molecule has 0 saturated heterocycles.